The normalized spacial score (nSPS) is 19.4. The molecular weight excluding hydrogens is 238 g/mol. The number of nitrogens with one attached hydrogen (secondary N) is 1. The van der Waals surface area contributed by atoms with Crippen molar-refractivity contribution >= 4 is 0 Å². The summed E-state index contributed by atoms with van der Waals surface area (Å²) in [5.74, 6) is 0.952. The molecule has 19 heavy (non-hydrogen) atoms. The molecule has 0 saturated heterocycles. The van der Waals surface area contributed by atoms with Crippen molar-refractivity contribution in [3.63, 3.8) is 0 Å². The summed E-state index contributed by atoms with van der Waals surface area (Å²) < 4.78 is 5.69. The van der Waals surface area contributed by atoms with Crippen LogP contribution in [0.25, 0.3) is 0 Å². The molecule has 0 radical (unpaired) electrons. The number of unbranched alkanes of at least 4 members (excludes halogenated alkanes) is 1. The van der Waals surface area contributed by atoms with Crippen molar-refractivity contribution in [1.82, 2.24) is 5.32 Å². The zero-order valence-corrected chi connectivity index (χ0v) is 13.1. The molecule has 0 aromatic carbocycles. The van der Waals surface area contributed by atoms with Gasteiger partial charge in [0.2, 0.25) is 0 Å². The summed E-state index contributed by atoms with van der Waals surface area (Å²) in [5, 5.41) is 12.9. The molecule has 1 atom stereocenters. The standard InChI is InChI=1S/C16H33NO2/c1-14(2)17-16(3,13-18)10-4-5-11-19-12-9-15-7-6-8-15/h14-15,17-18H,4-13H2,1-3H3. The number of hydrogen-bond donors (Lipinski definition) is 2. The molecule has 2 N–H and O–H groups in total. The Morgan fingerprint density at radius 3 is 2.53 bits per heavy atom. The van der Waals surface area contributed by atoms with Gasteiger partial charge >= 0.3 is 0 Å². The van der Waals surface area contributed by atoms with Gasteiger partial charge in [-0.25, -0.2) is 0 Å². The molecule has 0 spiro atoms. The van der Waals surface area contributed by atoms with E-state index in [0.717, 1.165) is 38.4 Å². The van der Waals surface area contributed by atoms with Crippen molar-refractivity contribution < 1.29 is 9.84 Å². The molecule has 0 amide bonds. The van der Waals surface area contributed by atoms with Crippen LogP contribution in [0.15, 0.2) is 0 Å². The molecule has 1 aliphatic carbocycles. The predicted octanol–water partition coefficient (Wildman–Crippen LogP) is 3.11. The van der Waals surface area contributed by atoms with Crippen molar-refractivity contribution in [2.75, 3.05) is 19.8 Å². The van der Waals surface area contributed by atoms with Gasteiger partial charge in [-0.2, -0.15) is 0 Å². The first-order chi connectivity index (χ1) is 9.06. The number of rotatable bonds is 11. The van der Waals surface area contributed by atoms with E-state index in [9.17, 15) is 5.11 Å². The lowest BCUT2D eigenvalue weighted by Crippen LogP contribution is -2.49. The summed E-state index contributed by atoms with van der Waals surface area (Å²) >= 11 is 0. The summed E-state index contributed by atoms with van der Waals surface area (Å²) in [5.41, 5.74) is -0.139. The minimum Gasteiger partial charge on any atom is -0.394 e. The number of aliphatic hydroxyl groups is 1. The molecule has 3 heteroatoms. The van der Waals surface area contributed by atoms with Gasteiger partial charge in [-0.3, -0.25) is 0 Å². The van der Waals surface area contributed by atoms with Crippen LogP contribution in [0.4, 0.5) is 0 Å². The second-order valence-corrected chi connectivity index (χ2v) is 6.67. The van der Waals surface area contributed by atoms with Gasteiger partial charge in [-0.05, 0) is 38.5 Å². The van der Waals surface area contributed by atoms with Gasteiger partial charge < -0.3 is 15.2 Å². The molecule has 114 valence electrons. The first-order valence-corrected chi connectivity index (χ1v) is 8.02. The molecule has 0 aromatic rings. The van der Waals surface area contributed by atoms with Crippen molar-refractivity contribution in [1.29, 1.82) is 0 Å². The maximum absolute atomic E-state index is 9.48. The van der Waals surface area contributed by atoms with Crippen LogP contribution >= 0.6 is 0 Å². The van der Waals surface area contributed by atoms with Gasteiger partial charge in [0.25, 0.3) is 0 Å². The van der Waals surface area contributed by atoms with Crippen molar-refractivity contribution in [3.8, 4) is 0 Å². The molecule has 3 nitrogen and oxygen atoms in total. The van der Waals surface area contributed by atoms with Gasteiger partial charge in [0.1, 0.15) is 0 Å². The summed E-state index contributed by atoms with van der Waals surface area (Å²) in [7, 11) is 0. The van der Waals surface area contributed by atoms with Crippen LogP contribution in [0.1, 0.15) is 65.7 Å². The lowest BCUT2D eigenvalue weighted by molar-refractivity contribution is 0.0986. The molecular formula is C16H33NO2. The maximum Gasteiger partial charge on any atom is 0.0610 e. The Kier molecular flexibility index (Phi) is 7.96. The fourth-order valence-corrected chi connectivity index (χ4v) is 2.75. The van der Waals surface area contributed by atoms with E-state index >= 15 is 0 Å². The predicted molar refractivity (Wildman–Crippen MR) is 80.4 cm³/mol. The molecule has 1 fully saturated rings. The zero-order chi connectivity index (χ0) is 14.1. The smallest absolute Gasteiger partial charge is 0.0610 e. The van der Waals surface area contributed by atoms with Crippen LogP contribution in [-0.2, 0) is 4.74 Å². The Labute approximate surface area is 119 Å². The van der Waals surface area contributed by atoms with Crippen molar-refractivity contribution in [2.24, 2.45) is 5.92 Å². The van der Waals surface area contributed by atoms with E-state index in [2.05, 4.69) is 26.1 Å². The van der Waals surface area contributed by atoms with Crippen LogP contribution in [0.5, 0.6) is 0 Å². The number of aliphatic hydroxyl groups excluding tert-OH is 1. The van der Waals surface area contributed by atoms with Gasteiger partial charge in [0, 0.05) is 24.8 Å². The SMILES string of the molecule is CC(C)NC(C)(CO)CCCCOCCC1CCC1. The van der Waals surface area contributed by atoms with Crippen LogP contribution < -0.4 is 5.32 Å². The highest BCUT2D eigenvalue weighted by Gasteiger charge is 2.23. The highest BCUT2D eigenvalue weighted by Crippen LogP contribution is 2.29. The van der Waals surface area contributed by atoms with E-state index < -0.39 is 0 Å². The van der Waals surface area contributed by atoms with Crippen molar-refractivity contribution in [2.45, 2.75) is 77.3 Å². The summed E-state index contributed by atoms with van der Waals surface area (Å²) in [4.78, 5) is 0. The Hall–Kier alpha value is -0.120. The lowest BCUT2D eigenvalue weighted by Gasteiger charge is -2.31. The Morgan fingerprint density at radius 2 is 2.00 bits per heavy atom. The summed E-state index contributed by atoms with van der Waals surface area (Å²) in [6, 6.07) is 0.413. The second kappa shape index (κ2) is 8.93. The molecule has 1 saturated carbocycles. The van der Waals surface area contributed by atoms with Gasteiger partial charge in [0.15, 0.2) is 0 Å². The molecule has 0 aromatic heterocycles. The van der Waals surface area contributed by atoms with E-state index in [1.54, 1.807) is 0 Å². The van der Waals surface area contributed by atoms with E-state index in [1.165, 1.54) is 25.7 Å². The lowest BCUT2D eigenvalue weighted by atomic mass is 9.83. The highest BCUT2D eigenvalue weighted by atomic mass is 16.5. The largest absolute Gasteiger partial charge is 0.394 e. The quantitative estimate of drug-likeness (QED) is 0.567. The Morgan fingerprint density at radius 1 is 1.26 bits per heavy atom. The number of hydrogen-bond acceptors (Lipinski definition) is 3. The molecule has 0 aliphatic heterocycles. The third-order valence-corrected chi connectivity index (χ3v) is 4.15. The third-order valence-electron chi connectivity index (χ3n) is 4.15. The third kappa shape index (κ3) is 7.28. The minimum atomic E-state index is -0.139. The molecule has 0 heterocycles. The molecule has 1 aliphatic rings. The Bertz CT molecular complexity index is 229. The second-order valence-electron chi connectivity index (χ2n) is 6.67. The van der Waals surface area contributed by atoms with Gasteiger partial charge in [-0.15, -0.1) is 0 Å². The van der Waals surface area contributed by atoms with E-state index in [1.807, 2.05) is 0 Å². The monoisotopic (exact) mass is 271 g/mol. The van der Waals surface area contributed by atoms with Gasteiger partial charge in [-0.1, -0.05) is 33.1 Å². The van der Waals surface area contributed by atoms with E-state index in [-0.39, 0.29) is 12.1 Å². The summed E-state index contributed by atoms with van der Waals surface area (Å²) in [6.07, 6.45) is 8.72. The highest BCUT2D eigenvalue weighted by molar-refractivity contribution is 4.83. The average molecular weight is 271 g/mol. The van der Waals surface area contributed by atoms with Crippen LogP contribution in [0.2, 0.25) is 0 Å². The maximum atomic E-state index is 9.48. The molecule has 1 unspecified atom stereocenters. The fourth-order valence-electron chi connectivity index (χ4n) is 2.75. The van der Waals surface area contributed by atoms with Crippen LogP contribution in [-0.4, -0.2) is 36.5 Å². The Balaban J connectivity index is 1.95. The van der Waals surface area contributed by atoms with Crippen LogP contribution in [0.3, 0.4) is 0 Å². The molecule has 1 rings (SSSR count). The number of ether oxygens (including phenoxy) is 1. The van der Waals surface area contributed by atoms with E-state index in [0.29, 0.717) is 6.04 Å². The first-order valence-electron chi connectivity index (χ1n) is 8.02. The van der Waals surface area contributed by atoms with Crippen LogP contribution in [0, 0.1) is 5.92 Å². The first kappa shape index (κ1) is 16.9. The van der Waals surface area contributed by atoms with Gasteiger partial charge in [0.05, 0.1) is 6.61 Å². The summed E-state index contributed by atoms with van der Waals surface area (Å²) in [6.45, 7) is 8.36. The van der Waals surface area contributed by atoms with Crippen molar-refractivity contribution in [3.05, 3.63) is 0 Å². The fraction of sp³-hybridized carbons (Fsp3) is 1.00. The topological polar surface area (TPSA) is 41.5 Å². The van der Waals surface area contributed by atoms with E-state index in [4.69, 9.17) is 4.74 Å². The minimum absolute atomic E-state index is 0.139. The molecule has 0 bridgehead atoms. The zero-order valence-electron chi connectivity index (χ0n) is 13.1. The average Bonchev–Trinajstić information content (AvgIpc) is 2.29.